The zero-order valence-electron chi connectivity index (χ0n) is 9.29. The molecule has 0 aliphatic heterocycles. The van der Waals surface area contributed by atoms with Gasteiger partial charge in [0.15, 0.2) is 0 Å². The molecule has 0 aromatic heterocycles. The van der Waals surface area contributed by atoms with E-state index >= 15 is 0 Å². The highest BCUT2D eigenvalue weighted by atomic mass is 16.3. The molecular weight excluding hydrogens is 178 g/mol. The monoisotopic (exact) mass is 201 g/mol. The summed E-state index contributed by atoms with van der Waals surface area (Å²) in [6, 6.07) is 0.586. The second-order valence-electron chi connectivity index (χ2n) is 5.12. The lowest BCUT2D eigenvalue weighted by atomic mass is 9.92. The van der Waals surface area contributed by atoms with E-state index in [1.807, 2.05) is 6.92 Å². The summed E-state index contributed by atoms with van der Waals surface area (Å²) in [7, 11) is 0. The molecule has 2 atom stereocenters. The highest BCUT2D eigenvalue weighted by Gasteiger charge is 2.26. The lowest BCUT2D eigenvalue weighted by Crippen LogP contribution is -2.41. The van der Waals surface area contributed by atoms with Crippen LogP contribution in [0, 0.1) is 11.3 Å². The van der Waals surface area contributed by atoms with Crippen molar-refractivity contribution in [2.75, 3.05) is 19.8 Å². The SMILES string of the molecule is CC1CCC(NCC(C)(CO)CO)C1. The van der Waals surface area contributed by atoms with Gasteiger partial charge in [-0.15, -0.1) is 0 Å². The van der Waals surface area contributed by atoms with Gasteiger partial charge in [-0.05, 0) is 25.2 Å². The maximum Gasteiger partial charge on any atom is 0.0518 e. The summed E-state index contributed by atoms with van der Waals surface area (Å²) in [4.78, 5) is 0. The summed E-state index contributed by atoms with van der Waals surface area (Å²) in [5, 5.41) is 21.7. The standard InChI is InChI=1S/C11H23NO2/c1-9-3-4-10(5-9)12-6-11(2,7-13)8-14/h9-10,12-14H,3-8H2,1-2H3. The van der Waals surface area contributed by atoms with Gasteiger partial charge in [0.1, 0.15) is 0 Å². The van der Waals surface area contributed by atoms with E-state index in [2.05, 4.69) is 12.2 Å². The van der Waals surface area contributed by atoms with Gasteiger partial charge in [-0.25, -0.2) is 0 Å². The van der Waals surface area contributed by atoms with Crippen LogP contribution in [0.5, 0.6) is 0 Å². The molecule has 3 heteroatoms. The number of aliphatic hydroxyl groups is 2. The first-order valence-corrected chi connectivity index (χ1v) is 5.55. The van der Waals surface area contributed by atoms with Crippen LogP contribution in [-0.4, -0.2) is 36.0 Å². The highest BCUT2D eigenvalue weighted by Crippen LogP contribution is 2.25. The second kappa shape index (κ2) is 5.10. The lowest BCUT2D eigenvalue weighted by molar-refractivity contribution is 0.0673. The van der Waals surface area contributed by atoms with Crippen LogP contribution in [0.25, 0.3) is 0 Å². The largest absolute Gasteiger partial charge is 0.396 e. The zero-order valence-corrected chi connectivity index (χ0v) is 9.29. The summed E-state index contributed by atoms with van der Waals surface area (Å²) in [5.74, 6) is 0.821. The first kappa shape index (κ1) is 12.0. The first-order chi connectivity index (χ1) is 6.59. The molecule has 0 saturated heterocycles. The van der Waals surface area contributed by atoms with E-state index in [1.165, 1.54) is 19.3 Å². The molecule has 1 fully saturated rings. The molecule has 0 amide bonds. The van der Waals surface area contributed by atoms with Crippen molar-refractivity contribution in [3.05, 3.63) is 0 Å². The first-order valence-electron chi connectivity index (χ1n) is 5.55. The van der Waals surface area contributed by atoms with Gasteiger partial charge in [0.25, 0.3) is 0 Å². The molecule has 1 rings (SSSR count). The maximum absolute atomic E-state index is 9.11. The van der Waals surface area contributed by atoms with Crippen LogP contribution in [-0.2, 0) is 0 Å². The van der Waals surface area contributed by atoms with Gasteiger partial charge in [-0.3, -0.25) is 0 Å². The van der Waals surface area contributed by atoms with Gasteiger partial charge >= 0.3 is 0 Å². The van der Waals surface area contributed by atoms with E-state index < -0.39 is 0 Å². The van der Waals surface area contributed by atoms with Gasteiger partial charge < -0.3 is 15.5 Å². The summed E-state index contributed by atoms with van der Waals surface area (Å²) in [5.41, 5.74) is -0.369. The number of aliphatic hydroxyl groups excluding tert-OH is 2. The molecule has 0 radical (unpaired) electrons. The van der Waals surface area contributed by atoms with Crippen molar-refractivity contribution < 1.29 is 10.2 Å². The molecule has 2 unspecified atom stereocenters. The summed E-state index contributed by atoms with van der Waals surface area (Å²) >= 11 is 0. The predicted octanol–water partition coefficient (Wildman–Crippen LogP) is 0.755. The van der Waals surface area contributed by atoms with Crippen LogP contribution in [0.4, 0.5) is 0 Å². The van der Waals surface area contributed by atoms with Crippen LogP contribution >= 0.6 is 0 Å². The third-order valence-corrected chi connectivity index (χ3v) is 3.28. The number of hydrogen-bond donors (Lipinski definition) is 3. The minimum atomic E-state index is -0.369. The normalized spacial score (nSPS) is 28.3. The van der Waals surface area contributed by atoms with Crippen LogP contribution in [0.1, 0.15) is 33.1 Å². The Labute approximate surface area is 86.5 Å². The molecule has 14 heavy (non-hydrogen) atoms. The van der Waals surface area contributed by atoms with Gasteiger partial charge in [0.2, 0.25) is 0 Å². The Balaban J connectivity index is 2.25. The Hall–Kier alpha value is -0.120. The minimum Gasteiger partial charge on any atom is -0.396 e. The van der Waals surface area contributed by atoms with E-state index in [4.69, 9.17) is 10.2 Å². The maximum atomic E-state index is 9.11. The number of nitrogens with one attached hydrogen (secondary N) is 1. The molecule has 0 aromatic carbocycles. The Morgan fingerprint density at radius 3 is 2.36 bits per heavy atom. The van der Waals surface area contributed by atoms with Crippen molar-refractivity contribution in [3.63, 3.8) is 0 Å². The van der Waals surface area contributed by atoms with Gasteiger partial charge in [0.05, 0.1) is 13.2 Å². The van der Waals surface area contributed by atoms with Crippen molar-refractivity contribution in [3.8, 4) is 0 Å². The quantitative estimate of drug-likeness (QED) is 0.615. The summed E-state index contributed by atoms with van der Waals surface area (Å²) < 4.78 is 0. The summed E-state index contributed by atoms with van der Waals surface area (Å²) in [6.45, 7) is 4.96. The molecule has 0 bridgehead atoms. The minimum absolute atomic E-state index is 0.0404. The molecule has 0 heterocycles. The molecule has 3 nitrogen and oxygen atoms in total. The van der Waals surface area contributed by atoms with E-state index in [0.717, 1.165) is 5.92 Å². The molecule has 1 aliphatic rings. The fourth-order valence-corrected chi connectivity index (χ4v) is 1.95. The van der Waals surface area contributed by atoms with Crippen LogP contribution in [0.3, 0.4) is 0 Å². The zero-order chi connectivity index (χ0) is 10.6. The van der Waals surface area contributed by atoms with Crippen molar-refractivity contribution in [1.29, 1.82) is 0 Å². The third-order valence-electron chi connectivity index (χ3n) is 3.28. The third kappa shape index (κ3) is 3.23. The number of hydrogen-bond acceptors (Lipinski definition) is 3. The van der Waals surface area contributed by atoms with E-state index in [0.29, 0.717) is 12.6 Å². The van der Waals surface area contributed by atoms with Crippen LogP contribution in [0.2, 0.25) is 0 Å². The molecule has 84 valence electrons. The highest BCUT2D eigenvalue weighted by molar-refractivity contribution is 4.82. The second-order valence-corrected chi connectivity index (χ2v) is 5.12. The molecule has 1 saturated carbocycles. The van der Waals surface area contributed by atoms with Gasteiger partial charge in [0, 0.05) is 18.0 Å². The number of rotatable bonds is 5. The van der Waals surface area contributed by atoms with Crippen molar-refractivity contribution >= 4 is 0 Å². The summed E-state index contributed by atoms with van der Waals surface area (Å²) in [6.07, 6.45) is 3.76. The van der Waals surface area contributed by atoms with Crippen molar-refractivity contribution in [2.24, 2.45) is 11.3 Å². The van der Waals surface area contributed by atoms with E-state index in [9.17, 15) is 0 Å². The molecule has 3 N–H and O–H groups in total. The molecule has 0 spiro atoms. The average molecular weight is 201 g/mol. The van der Waals surface area contributed by atoms with Gasteiger partial charge in [-0.2, -0.15) is 0 Å². The van der Waals surface area contributed by atoms with E-state index in [1.54, 1.807) is 0 Å². The fourth-order valence-electron chi connectivity index (χ4n) is 1.95. The van der Waals surface area contributed by atoms with Crippen LogP contribution in [0.15, 0.2) is 0 Å². The topological polar surface area (TPSA) is 52.5 Å². The lowest BCUT2D eigenvalue weighted by Gasteiger charge is -2.27. The Bertz CT molecular complexity index is 169. The van der Waals surface area contributed by atoms with Gasteiger partial charge in [-0.1, -0.05) is 13.8 Å². The van der Waals surface area contributed by atoms with Crippen molar-refractivity contribution in [1.82, 2.24) is 5.32 Å². The molecular formula is C11H23NO2. The Morgan fingerprint density at radius 2 is 1.93 bits per heavy atom. The Morgan fingerprint density at radius 1 is 1.29 bits per heavy atom. The smallest absolute Gasteiger partial charge is 0.0518 e. The predicted molar refractivity (Wildman–Crippen MR) is 57.1 cm³/mol. The fraction of sp³-hybridized carbons (Fsp3) is 1.00. The Kier molecular flexibility index (Phi) is 4.35. The molecule has 1 aliphatic carbocycles. The van der Waals surface area contributed by atoms with E-state index in [-0.39, 0.29) is 18.6 Å². The average Bonchev–Trinajstić information content (AvgIpc) is 2.61. The van der Waals surface area contributed by atoms with Crippen molar-refractivity contribution in [2.45, 2.75) is 39.2 Å². The molecule has 0 aromatic rings. The van der Waals surface area contributed by atoms with Crippen LogP contribution < -0.4 is 5.32 Å².